The molecule has 0 aliphatic carbocycles. The van der Waals surface area contributed by atoms with Crippen molar-refractivity contribution >= 4 is 33.5 Å². The lowest BCUT2D eigenvalue weighted by atomic mass is 10.2. The maximum Gasteiger partial charge on any atom is 0.335 e. The first-order valence-electron chi connectivity index (χ1n) is 5.47. The number of carbonyl (C=O) groups is 1. The van der Waals surface area contributed by atoms with Gasteiger partial charge in [0.15, 0.2) is 0 Å². The zero-order chi connectivity index (χ0) is 13.8. The first kappa shape index (κ1) is 13.9. The van der Waals surface area contributed by atoms with Gasteiger partial charge in [-0.25, -0.2) is 4.79 Å². The molecule has 2 aromatic carbocycles. The second-order valence-electron chi connectivity index (χ2n) is 3.83. The maximum atomic E-state index is 10.8. The summed E-state index contributed by atoms with van der Waals surface area (Å²) in [4.78, 5) is 10.8. The summed E-state index contributed by atoms with van der Waals surface area (Å²) in [6.07, 6.45) is 0. The predicted octanol–water partition coefficient (Wildman–Crippen LogP) is 4.38. The second-order valence-corrected chi connectivity index (χ2v) is 5.09. The van der Waals surface area contributed by atoms with Gasteiger partial charge in [-0.2, -0.15) is 0 Å². The third kappa shape index (κ3) is 3.49. The molecule has 98 valence electrons. The van der Waals surface area contributed by atoms with Gasteiger partial charge in [-0.15, -0.1) is 0 Å². The van der Waals surface area contributed by atoms with Crippen molar-refractivity contribution in [2.45, 2.75) is 6.61 Å². The first-order valence-corrected chi connectivity index (χ1v) is 6.64. The van der Waals surface area contributed by atoms with Crippen LogP contribution in [-0.2, 0) is 6.61 Å². The monoisotopic (exact) mass is 340 g/mol. The summed E-state index contributed by atoms with van der Waals surface area (Å²) < 4.78 is 6.21. The maximum absolute atomic E-state index is 10.8. The summed E-state index contributed by atoms with van der Waals surface area (Å²) in [5, 5.41) is 9.50. The van der Waals surface area contributed by atoms with Crippen molar-refractivity contribution in [3.63, 3.8) is 0 Å². The Morgan fingerprint density at radius 2 is 2.00 bits per heavy atom. The fourth-order valence-electron chi connectivity index (χ4n) is 1.52. The van der Waals surface area contributed by atoms with Gasteiger partial charge < -0.3 is 9.84 Å². The van der Waals surface area contributed by atoms with Crippen molar-refractivity contribution in [2.75, 3.05) is 0 Å². The van der Waals surface area contributed by atoms with E-state index < -0.39 is 5.97 Å². The fourth-order valence-corrected chi connectivity index (χ4v) is 2.21. The Morgan fingerprint density at radius 3 is 2.63 bits per heavy atom. The highest BCUT2D eigenvalue weighted by atomic mass is 79.9. The summed E-state index contributed by atoms with van der Waals surface area (Å²) in [6.45, 7) is 0.324. The smallest absolute Gasteiger partial charge is 0.335 e. The number of benzene rings is 2. The van der Waals surface area contributed by atoms with Gasteiger partial charge >= 0.3 is 5.97 Å². The van der Waals surface area contributed by atoms with Crippen LogP contribution in [0.1, 0.15) is 15.9 Å². The number of hydrogen-bond acceptors (Lipinski definition) is 2. The molecule has 1 N–H and O–H groups in total. The molecule has 0 heterocycles. The lowest BCUT2D eigenvalue weighted by molar-refractivity contribution is 0.0696. The highest BCUT2D eigenvalue weighted by Gasteiger charge is 2.08. The second kappa shape index (κ2) is 6.08. The molecule has 2 aromatic rings. The molecule has 0 aromatic heterocycles. The number of ether oxygens (including phenoxy) is 1. The Labute approximate surface area is 123 Å². The Bertz CT molecular complexity index is 613. The molecule has 19 heavy (non-hydrogen) atoms. The number of aromatic carboxylic acids is 1. The van der Waals surface area contributed by atoms with E-state index in [1.165, 1.54) is 12.1 Å². The number of halogens is 2. The average molecular weight is 342 g/mol. The summed E-state index contributed by atoms with van der Waals surface area (Å²) in [7, 11) is 0. The summed E-state index contributed by atoms with van der Waals surface area (Å²) in [5.74, 6) is -0.400. The Hall–Kier alpha value is -1.52. The molecular weight excluding hydrogens is 332 g/mol. The van der Waals surface area contributed by atoms with Crippen molar-refractivity contribution in [2.24, 2.45) is 0 Å². The lowest BCUT2D eigenvalue weighted by Crippen LogP contribution is -1.99. The summed E-state index contributed by atoms with van der Waals surface area (Å²) >= 11 is 9.31. The third-order valence-electron chi connectivity index (χ3n) is 2.52. The van der Waals surface area contributed by atoms with Crippen LogP contribution in [0.4, 0.5) is 0 Å². The molecule has 0 bridgehead atoms. The molecule has 0 saturated heterocycles. The third-order valence-corrected chi connectivity index (χ3v) is 3.51. The molecule has 3 nitrogen and oxygen atoms in total. The van der Waals surface area contributed by atoms with Gasteiger partial charge in [-0.05, 0) is 40.2 Å². The molecule has 0 aliphatic rings. The molecule has 5 heteroatoms. The van der Waals surface area contributed by atoms with Crippen molar-refractivity contribution in [1.29, 1.82) is 0 Å². The molecule has 2 rings (SSSR count). The van der Waals surface area contributed by atoms with Gasteiger partial charge in [0.1, 0.15) is 12.4 Å². The highest BCUT2D eigenvalue weighted by molar-refractivity contribution is 9.10. The molecule has 0 fully saturated rings. The Morgan fingerprint density at radius 1 is 1.26 bits per heavy atom. The van der Waals surface area contributed by atoms with E-state index in [-0.39, 0.29) is 5.56 Å². The van der Waals surface area contributed by atoms with Crippen LogP contribution in [-0.4, -0.2) is 11.1 Å². The lowest BCUT2D eigenvalue weighted by Gasteiger charge is -2.09. The SMILES string of the molecule is O=C(O)c1ccc(OCc2ccccc2Cl)c(Br)c1. The topological polar surface area (TPSA) is 46.5 Å². The van der Waals surface area contributed by atoms with Crippen LogP contribution in [0, 0.1) is 0 Å². The standard InChI is InChI=1S/C14H10BrClO3/c15-11-7-9(14(17)18)5-6-13(11)19-8-10-3-1-2-4-12(10)16/h1-7H,8H2,(H,17,18). The number of hydrogen-bond donors (Lipinski definition) is 1. The average Bonchev–Trinajstić information content (AvgIpc) is 2.39. The molecule has 0 radical (unpaired) electrons. The quantitative estimate of drug-likeness (QED) is 0.897. The summed E-state index contributed by atoms with van der Waals surface area (Å²) in [5.41, 5.74) is 1.08. The van der Waals surface area contributed by atoms with E-state index in [9.17, 15) is 4.79 Å². The molecule has 0 aliphatic heterocycles. The molecule has 0 spiro atoms. The zero-order valence-corrected chi connectivity index (χ0v) is 12.1. The van der Waals surface area contributed by atoms with Crippen LogP contribution in [0.2, 0.25) is 5.02 Å². The first-order chi connectivity index (χ1) is 9.08. The summed E-state index contributed by atoms with van der Waals surface area (Å²) in [6, 6.07) is 12.0. The minimum atomic E-state index is -0.974. The predicted molar refractivity (Wildman–Crippen MR) is 76.9 cm³/mol. The van der Waals surface area contributed by atoms with Gasteiger partial charge in [0.05, 0.1) is 10.0 Å². The number of carboxylic acid groups (broad SMARTS) is 1. The molecular formula is C14H10BrClO3. The Kier molecular flexibility index (Phi) is 4.45. The highest BCUT2D eigenvalue weighted by Crippen LogP contribution is 2.27. The van der Waals surface area contributed by atoms with Gasteiger partial charge in [0.2, 0.25) is 0 Å². The minimum absolute atomic E-state index is 0.206. The van der Waals surface area contributed by atoms with E-state index in [1.807, 2.05) is 18.2 Å². The zero-order valence-electron chi connectivity index (χ0n) is 9.77. The van der Waals surface area contributed by atoms with Crippen LogP contribution in [0.3, 0.4) is 0 Å². The molecule has 0 amide bonds. The molecule has 0 saturated carbocycles. The van der Waals surface area contributed by atoms with Crippen molar-refractivity contribution in [1.82, 2.24) is 0 Å². The number of rotatable bonds is 4. The van der Waals surface area contributed by atoms with Crippen molar-refractivity contribution in [3.05, 3.63) is 63.1 Å². The fraction of sp³-hybridized carbons (Fsp3) is 0.0714. The Balaban J connectivity index is 2.12. The largest absolute Gasteiger partial charge is 0.488 e. The van der Waals surface area contributed by atoms with Gasteiger partial charge in [-0.1, -0.05) is 29.8 Å². The molecule has 0 unspecified atom stereocenters. The van der Waals surface area contributed by atoms with E-state index in [2.05, 4.69) is 15.9 Å². The van der Waals surface area contributed by atoms with Crippen LogP contribution in [0.25, 0.3) is 0 Å². The van der Waals surface area contributed by atoms with E-state index >= 15 is 0 Å². The van der Waals surface area contributed by atoms with Gasteiger partial charge in [0, 0.05) is 10.6 Å². The normalized spacial score (nSPS) is 10.2. The van der Waals surface area contributed by atoms with Crippen LogP contribution >= 0.6 is 27.5 Å². The van der Waals surface area contributed by atoms with Crippen molar-refractivity contribution < 1.29 is 14.6 Å². The van der Waals surface area contributed by atoms with Crippen LogP contribution in [0.15, 0.2) is 46.9 Å². The van der Waals surface area contributed by atoms with Gasteiger partial charge in [0.25, 0.3) is 0 Å². The van der Waals surface area contributed by atoms with Gasteiger partial charge in [-0.3, -0.25) is 0 Å². The number of carboxylic acids is 1. The van der Waals surface area contributed by atoms with Crippen LogP contribution < -0.4 is 4.74 Å². The van der Waals surface area contributed by atoms with Crippen molar-refractivity contribution in [3.8, 4) is 5.75 Å². The van der Waals surface area contributed by atoms with E-state index in [1.54, 1.807) is 12.1 Å². The van der Waals surface area contributed by atoms with Crippen LogP contribution in [0.5, 0.6) is 5.75 Å². The van der Waals surface area contributed by atoms with E-state index in [4.69, 9.17) is 21.4 Å². The molecule has 0 atom stereocenters. The minimum Gasteiger partial charge on any atom is -0.488 e. The van der Waals surface area contributed by atoms with E-state index in [0.29, 0.717) is 21.9 Å². The van der Waals surface area contributed by atoms with E-state index in [0.717, 1.165) is 5.56 Å².